The van der Waals surface area contributed by atoms with Gasteiger partial charge in [0.05, 0.1) is 24.7 Å². The lowest BCUT2D eigenvalue weighted by Gasteiger charge is -2.31. The van der Waals surface area contributed by atoms with Crippen LogP contribution in [0.15, 0.2) is 60.7 Å². The molecule has 0 amide bonds. The highest BCUT2D eigenvalue weighted by Gasteiger charge is 2.70. The number of ether oxygens (including phenoxy) is 1. The Kier molecular flexibility index (Phi) is 3.88. The molecule has 4 rings (SSSR count). The molecule has 24 heavy (non-hydrogen) atoms. The largest absolute Gasteiger partial charge is 0.379 e. The van der Waals surface area contributed by atoms with E-state index in [4.69, 9.17) is 4.74 Å². The average Bonchev–Trinajstić information content (AvgIpc) is 3.34. The zero-order valence-electron chi connectivity index (χ0n) is 13.8. The van der Waals surface area contributed by atoms with Crippen LogP contribution in [0.5, 0.6) is 0 Å². The van der Waals surface area contributed by atoms with Crippen LogP contribution < -0.4 is 0 Å². The Morgan fingerprint density at radius 2 is 1.46 bits per heavy atom. The van der Waals surface area contributed by atoms with Crippen molar-refractivity contribution in [1.29, 1.82) is 5.26 Å². The molecule has 1 saturated carbocycles. The first-order valence-corrected chi connectivity index (χ1v) is 8.63. The molecule has 2 aliphatic rings. The summed E-state index contributed by atoms with van der Waals surface area (Å²) in [6.45, 7) is 4.19. The van der Waals surface area contributed by atoms with Gasteiger partial charge >= 0.3 is 0 Å². The third kappa shape index (κ3) is 2.34. The van der Waals surface area contributed by atoms with Gasteiger partial charge in [0.2, 0.25) is 0 Å². The summed E-state index contributed by atoms with van der Waals surface area (Å²) in [6, 6.07) is 23.8. The summed E-state index contributed by atoms with van der Waals surface area (Å²) in [5, 5.41) is 10.1. The van der Waals surface area contributed by atoms with Crippen LogP contribution in [0.25, 0.3) is 0 Å². The smallest absolute Gasteiger partial charge is 0.0850 e. The molecule has 1 heterocycles. The Balaban J connectivity index is 1.74. The maximum absolute atomic E-state index is 10.1. The Morgan fingerprint density at radius 3 is 1.96 bits per heavy atom. The second-order valence-corrected chi connectivity index (χ2v) is 6.90. The Bertz CT molecular complexity index is 692. The summed E-state index contributed by atoms with van der Waals surface area (Å²) in [5.74, 6) is 0. The van der Waals surface area contributed by atoms with Crippen molar-refractivity contribution >= 4 is 0 Å². The molecule has 2 fully saturated rings. The van der Waals surface area contributed by atoms with Crippen molar-refractivity contribution in [2.75, 3.05) is 32.8 Å². The molecule has 1 aliphatic heterocycles. The predicted molar refractivity (Wildman–Crippen MR) is 93.6 cm³/mol. The van der Waals surface area contributed by atoms with E-state index in [-0.39, 0.29) is 10.8 Å². The van der Waals surface area contributed by atoms with Gasteiger partial charge in [-0.25, -0.2) is 0 Å². The Labute approximate surface area is 143 Å². The number of hydrogen-bond donors (Lipinski definition) is 0. The molecular formula is C21H22N2O. The summed E-state index contributed by atoms with van der Waals surface area (Å²) < 4.78 is 5.46. The van der Waals surface area contributed by atoms with Gasteiger partial charge < -0.3 is 4.74 Å². The molecule has 122 valence electrons. The summed E-state index contributed by atoms with van der Waals surface area (Å²) in [4.78, 5) is 2.39. The van der Waals surface area contributed by atoms with Crippen LogP contribution in [0.3, 0.4) is 0 Å². The Hall–Kier alpha value is -2.15. The van der Waals surface area contributed by atoms with E-state index < -0.39 is 0 Å². The second kappa shape index (κ2) is 6.05. The molecule has 2 aromatic carbocycles. The highest BCUT2D eigenvalue weighted by atomic mass is 16.5. The number of hydrogen-bond acceptors (Lipinski definition) is 3. The lowest BCUT2D eigenvalue weighted by Crippen LogP contribution is -2.41. The highest BCUT2D eigenvalue weighted by Crippen LogP contribution is 2.68. The van der Waals surface area contributed by atoms with Crippen molar-refractivity contribution in [2.24, 2.45) is 5.41 Å². The molecule has 0 radical (unpaired) electrons. The third-order valence-electron chi connectivity index (χ3n) is 5.60. The van der Waals surface area contributed by atoms with Gasteiger partial charge in [0, 0.05) is 25.0 Å². The summed E-state index contributed by atoms with van der Waals surface area (Å²) >= 11 is 0. The quantitative estimate of drug-likeness (QED) is 0.868. The van der Waals surface area contributed by atoms with E-state index in [1.807, 2.05) is 12.1 Å². The van der Waals surface area contributed by atoms with Gasteiger partial charge in [-0.2, -0.15) is 5.26 Å². The lowest BCUT2D eigenvalue weighted by atomic mass is 9.80. The maximum Gasteiger partial charge on any atom is 0.0850 e. The third-order valence-corrected chi connectivity index (χ3v) is 5.60. The number of morpholine rings is 1. The molecular weight excluding hydrogens is 296 g/mol. The summed E-state index contributed by atoms with van der Waals surface area (Å²) in [7, 11) is 0. The van der Waals surface area contributed by atoms with Gasteiger partial charge in [-0.15, -0.1) is 0 Å². The van der Waals surface area contributed by atoms with Gasteiger partial charge in [-0.05, 0) is 17.5 Å². The van der Waals surface area contributed by atoms with Crippen LogP contribution >= 0.6 is 0 Å². The minimum atomic E-state index is -0.354. The minimum Gasteiger partial charge on any atom is -0.379 e. The van der Waals surface area contributed by atoms with E-state index in [0.717, 1.165) is 39.3 Å². The van der Waals surface area contributed by atoms with Crippen molar-refractivity contribution in [3.8, 4) is 6.07 Å². The molecule has 0 aromatic heterocycles. The van der Waals surface area contributed by atoms with E-state index in [0.29, 0.717) is 0 Å². The molecule has 0 spiro atoms. The fraction of sp³-hybridized carbons (Fsp3) is 0.381. The summed E-state index contributed by atoms with van der Waals surface area (Å²) in [6.07, 6.45) is 0.891. The topological polar surface area (TPSA) is 36.3 Å². The van der Waals surface area contributed by atoms with Gasteiger partial charge in [0.15, 0.2) is 0 Å². The lowest BCUT2D eigenvalue weighted by molar-refractivity contribution is 0.0310. The normalized spacial score (nSPS) is 25.8. The van der Waals surface area contributed by atoms with Gasteiger partial charge in [0.25, 0.3) is 0 Å². The van der Waals surface area contributed by atoms with Gasteiger partial charge in [-0.3, -0.25) is 4.90 Å². The fourth-order valence-electron chi connectivity index (χ4n) is 4.28. The van der Waals surface area contributed by atoms with E-state index in [9.17, 15) is 5.26 Å². The SMILES string of the molecule is N#CC1(CN2CCOCC2)CC1(c1ccccc1)c1ccccc1. The number of nitriles is 1. The molecule has 1 atom stereocenters. The van der Waals surface area contributed by atoms with Crippen LogP contribution in [0, 0.1) is 16.7 Å². The second-order valence-electron chi connectivity index (χ2n) is 6.90. The van der Waals surface area contributed by atoms with Crippen LogP contribution in [0.2, 0.25) is 0 Å². The zero-order chi connectivity index (χ0) is 16.5. The summed E-state index contributed by atoms with van der Waals surface area (Å²) in [5.41, 5.74) is 1.97. The van der Waals surface area contributed by atoms with Crippen LogP contribution in [-0.4, -0.2) is 37.7 Å². The monoisotopic (exact) mass is 318 g/mol. The number of benzene rings is 2. The Morgan fingerprint density at radius 1 is 0.917 bits per heavy atom. The molecule has 0 bridgehead atoms. The molecule has 1 aliphatic carbocycles. The highest BCUT2D eigenvalue weighted by molar-refractivity contribution is 5.54. The fourth-order valence-corrected chi connectivity index (χ4v) is 4.28. The van der Waals surface area contributed by atoms with Gasteiger partial charge in [0.1, 0.15) is 0 Å². The van der Waals surface area contributed by atoms with E-state index >= 15 is 0 Å². The first-order chi connectivity index (χ1) is 11.8. The molecule has 3 heteroatoms. The van der Waals surface area contributed by atoms with Crippen molar-refractivity contribution in [2.45, 2.75) is 11.8 Å². The van der Waals surface area contributed by atoms with Crippen LogP contribution in [0.1, 0.15) is 17.5 Å². The van der Waals surface area contributed by atoms with E-state index in [1.165, 1.54) is 11.1 Å². The molecule has 1 unspecified atom stereocenters. The van der Waals surface area contributed by atoms with E-state index in [1.54, 1.807) is 0 Å². The van der Waals surface area contributed by atoms with Crippen LogP contribution in [-0.2, 0) is 10.2 Å². The zero-order valence-corrected chi connectivity index (χ0v) is 13.8. The predicted octanol–water partition coefficient (Wildman–Crippen LogP) is 3.22. The standard InChI is InChI=1S/C21H22N2O/c22-16-20(17-23-11-13-24-14-12-23)15-21(20,18-7-3-1-4-8-18)19-9-5-2-6-10-19/h1-10H,11-15,17H2. The number of nitrogens with zero attached hydrogens (tertiary/aromatic N) is 2. The minimum absolute atomic E-state index is 0.192. The van der Waals surface area contributed by atoms with Crippen molar-refractivity contribution < 1.29 is 4.74 Å². The molecule has 0 N–H and O–H groups in total. The van der Waals surface area contributed by atoms with Crippen molar-refractivity contribution in [3.63, 3.8) is 0 Å². The van der Waals surface area contributed by atoms with E-state index in [2.05, 4.69) is 59.5 Å². The van der Waals surface area contributed by atoms with Gasteiger partial charge in [-0.1, -0.05) is 60.7 Å². The van der Waals surface area contributed by atoms with Crippen molar-refractivity contribution in [3.05, 3.63) is 71.8 Å². The molecule has 2 aromatic rings. The first kappa shape index (κ1) is 15.4. The number of rotatable bonds is 4. The van der Waals surface area contributed by atoms with Crippen molar-refractivity contribution in [1.82, 2.24) is 4.90 Å². The molecule has 1 saturated heterocycles. The maximum atomic E-state index is 10.1. The average molecular weight is 318 g/mol. The first-order valence-electron chi connectivity index (χ1n) is 8.63. The molecule has 3 nitrogen and oxygen atoms in total. The van der Waals surface area contributed by atoms with Crippen LogP contribution in [0.4, 0.5) is 0 Å².